The predicted molar refractivity (Wildman–Crippen MR) is 62.9 cm³/mol. The molecule has 0 saturated heterocycles. The molecule has 0 fully saturated rings. The molecule has 1 rings (SSSR count). The van der Waals surface area contributed by atoms with Gasteiger partial charge < -0.3 is 10.8 Å². The monoisotopic (exact) mass is 241 g/mol. The standard InChI is InChI=1S/C11H12FNO2S/c1-7(11(14)15)4-5-16-10-3-2-8(12)6-9(10)13/h2-4,6H,5,13H2,1H3,(H,14,15). The van der Waals surface area contributed by atoms with Crippen LogP contribution >= 0.6 is 11.8 Å². The summed E-state index contributed by atoms with van der Waals surface area (Å²) < 4.78 is 12.7. The lowest BCUT2D eigenvalue weighted by atomic mass is 10.3. The molecule has 0 saturated carbocycles. The first-order valence-corrected chi connectivity index (χ1v) is 5.57. The number of hydrogen-bond donors (Lipinski definition) is 2. The molecule has 16 heavy (non-hydrogen) atoms. The van der Waals surface area contributed by atoms with E-state index in [1.807, 2.05) is 0 Å². The van der Waals surface area contributed by atoms with Gasteiger partial charge in [0.2, 0.25) is 0 Å². The molecule has 0 amide bonds. The molecule has 0 aromatic heterocycles. The van der Waals surface area contributed by atoms with E-state index in [1.54, 1.807) is 12.1 Å². The third-order valence-electron chi connectivity index (χ3n) is 1.94. The Labute approximate surface area is 97.2 Å². The summed E-state index contributed by atoms with van der Waals surface area (Å²) in [6.45, 7) is 1.52. The van der Waals surface area contributed by atoms with Gasteiger partial charge in [-0.15, -0.1) is 11.8 Å². The van der Waals surface area contributed by atoms with Crippen molar-refractivity contribution in [2.45, 2.75) is 11.8 Å². The average Bonchev–Trinajstić information content (AvgIpc) is 2.20. The highest BCUT2D eigenvalue weighted by molar-refractivity contribution is 7.99. The minimum atomic E-state index is -0.937. The van der Waals surface area contributed by atoms with Crippen molar-refractivity contribution in [1.29, 1.82) is 0 Å². The van der Waals surface area contributed by atoms with Crippen LogP contribution in [0.25, 0.3) is 0 Å². The molecule has 0 unspecified atom stereocenters. The number of nitrogens with two attached hydrogens (primary N) is 1. The molecular formula is C11H12FNO2S. The Balaban J connectivity index is 2.62. The van der Waals surface area contributed by atoms with Crippen LogP contribution in [0.4, 0.5) is 10.1 Å². The fourth-order valence-electron chi connectivity index (χ4n) is 0.995. The lowest BCUT2D eigenvalue weighted by Gasteiger charge is -2.03. The number of carboxylic acids is 1. The largest absolute Gasteiger partial charge is 0.478 e. The Bertz CT molecular complexity index is 432. The SMILES string of the molecule is CC(=CCSc1ccc(F)cc1N)C(=O)O. The summed E-state index contributed by atoms with van der Waals surface area (Å²) in [5.74, 6) is -0.819. The number of benzene rings is 1. The van der Waals surface area contributed by atoms with Crippen molar-refractivity contribution in [3.8, 4) is 0 Å². The van der Waals surface area contributed by atoms with E-state index in [1.165, 1.54) is 30.8 Å². The van der Waals surface area contributed by atoms with Crippen molar-refractivity contribution in [1.82, 2.24) is 0 Å². The first-order chi connectivity index (χ1) is 7.50. The zero-order valence-electron chi connectivity index (χ0n) is 8.74. The van der Waals surface area contributed by atoms with Crippen LogP contribution in [-0.2, 0) is 4.79 Å². The van der Waals surface area contributed by atoms with Crippen LogP contribution in [0, 0.1) is 5.82 Å². The van der Waals surface area contributed by atoms with Crippen LogP contribution in [0.5, 0.6) is 0 Å². The molecule has 3 nitrogen and oxygen atoms in total. The number of halogens is 1. The molecule has 3 N–H and O–H groups in total. The summed E-state index contributed by atoms with van der Waals surface area (Å²) in [5.41, 5.74) is 6.25. The third-order valence-corrected chi connectivity index (χ3v) is 2.95. The van der Waals surface area contributed by atoms with Crippen molar-refractivity contribution < 1.29 is 14.3 Å². The molecule has 0 aliphatic rings. The number of carboxylic acid groups (broad SMARTS) is 1. The van der Waals surface area contributed by atoms with Gasteiger partial charge in [0, 0.05) is 21.9 Å². The highest BCUT2D eigenvalue weighted by Gasteiger charge is 2.02. The zero-order valence-corrected chi connectivity index (χ0v) is 9.55. The fraction of sp³-hybridized carbons (Fsp3) is 0.182. The molecule has 86 valence electrons. The van der Waals surface area contributed by atoms with Crippen LogP contribution in [-0.4, -0.2) is 16.8 Å². The van der Waals surface area contributed by atoms with Gasteiger partial charge in [0.05, 0.1) is 0 Å². The Morgan fingerprint density at radius 1 is 1.62 bits per heavy atom. The normalized spacial score (nSPS) is 11.5. The summed E-state index contributed by atoms with van der Waals surface area (Å²) in [4.78, 5) is 11.2. The van der Waals surface area contributed by atoms with Crippen LogP contribution in [0.2, 0.25) is 0 Å². The molecule has 0 heterocycles. The van der Waals surface area contributed by atoms with Gasteiger partial charge in [0.25, 0.3) is 0 Å². The Hall–Kier alpha value is -1.49. The van der Waals surface area contributed by atoms with Crippen LogP contribution < -0.4 is 5.73 Å². The molecule has 1 aromatic carbocycles. The van der Waals surface area contributed by atoms with E-state index in [0.29, 0.717) is 11.4 Å². The number of aliphatic carboxylic acids is 1. The topological polar surface area (TPSA) is 63.3 Å². The van der Waals surface area contributed by atoms with E-state index in [-0.39, 0.29) is 11.4 Å². The summed E-state index contributed by atoms with van der Waals surface area (Å²) in [6.07, 6.45) is 1.59. The smallest absolute Gasteiger partial charge is 0.330 e. The number of nitrogen functional groups attached to an aromatic ring is 1. The van der Waals surface area contributed by atoms with Gasteiger partial charge in [-0.05, 0) is 25.1 Å². The van der Waals surface area contributed by atoms with Crippen LogP contribution in [0.1, 0.15) is 6.92 Å². The second-order valence-corrected chi connectivity index (χ2v) is 4.25. The second kappa shape index (κ2) is 5.55. The summed E-state index contributed by atoms with van der Waals surface area (Å²) in [5, 5.41) is 8.62. The minimum Gasteiger partial charge on any atom is -0.478 e. The van der Waals surface area contributed by atoms with Crippen molar-refractivity contribution >= 4 is 23.4 Å². The highest BCUT2D eigenvalue weighted by atomic mass is 32.2. The maximum atomic E-state index is 12.7. The number of hydrogen-bond acceptors (Lipinski definition) is 3. The quantitative estimate of drug-likeness (QED) is 0.483. The second-order valence-electron chi connectivity index (χ2n) is 3.19. The maximum Gasteiger partial charge on any atom is 0.330 e. The van der Waals surface area contributed by atoms with E-state index in [0.717, 1.165) is 4.90 Å². The van der Waals surface area contributed by atoms with Gasteiger partial charge in [0.1, 0.15) is 5.82 Å². The predicted octanol–water partition coefficient (Wildman–Crippen LogP) is 2.53. The third kappa shape index (κ3) is 3.58. The highest BCUT2D eigenvalue weighted by Crippen LogP contribution is 2.25. The molecule has 1 aromatic rings. The number of carbonyl (C=O) groups is 1. The molecule has 0 aliphatic heterocycles. The van der Waals surface area contributed by atoms with Gasteiger partial charge in [-0.25, -0.2) is 9.18 Å². The molecule has 0 bridgehead atoms. The summed E-state index contributed by atoms with van der Waals surface area (Å²) in [6, 6.07) is 4.15. The first-order valence-electron chi connectivity index (χ1n) is 4.58. The number of anilines is 1. The lowest BCUT2D eigenvalue weighted by Crippen LogP contribution is -1.96. The number of rotatable bonds is 4. The van der Waals surface area contributed by atoms with E-state index in [2.05, 4.69) is 0 Å². The van der Waals surface area contributed by atoms with Crippen LogP contribution in [0.3, 0.4) is 0 Å². The van der Waals surface area contributed by atoms with Gasteiger partial charge in [0.15, 0.2) is 0 Å². The Kier molecular flexibility index (Phi) is 4.37. The Morgan fingerprint density at radius 3 is 2.88 bits per heavy atom. The Morgan fingerprint density at radius 2 is 2.31 bits per heavy atom. The molecule has 0 aliphatic carbocycles. The molecular weight excluding hydrogens is 229 g/mol. The van der Waals surface area contributed by atoms with Crippen LogP contribution in [0.15, 0.2) is 34.7 Å². The summed E-state index contributed by atoms with van der Waals surface area (Å²) >= 11 is 1.37. The zero-order chi connectivity index (χ0) is 12.1. The van der Waals surface area contributed by atoms with E-state index < -0.39 is 5.97 Å². The van der Waals surface area contributed by atoms with E-state index in [4.69, 9.17) is 10.8 Å². The maximum absolute atomic E-state index is 12.7. The van der Waals surface area contributed by atoms with E-state index in [9.17, 15) is 9.18 Å². The molecule has 0 radical (unpaired) electrons. The van der Waals surface area contributed by atoms with Gasteiger partial charge >= 0.3 is 5.97 Å². The first kappa shape index (κ1) is 12.6. The van der Waals surface area contributed by atoms with E-state index >= 15 is 0 Å². The van der Waals surface area contributed by atoms with Crippen molar-refractivity contribution in [2.75, 3.05) is 11.5 Å². The summed E-state index contributed by atoms with van der Waals surface area (Å²) in [7, 11) is 0. The van der Waals surface area contributed by atoms with Gasteiger partial charge in [-0.1, -0.05) is 6.08 Å². The van der Waals surface area contributed by atoms with Gasteiger partial charge in [-0.3, -0.25) is 0 Å². The van der Waals surface area contributed by atoms with Gasteiger partial charge in [-0.2, -0.15) is 0 Å². The average molecular weight is 241 g/mol. The minimum absolute atomic E-state index is 0.285. The van der Waals surface area contributed by atoms with Crippen molar-refractivity contribution in [3.05, 3.63) is 35.7 Å². The van der Waals surface area contributed by atoms with Crippen molar-refractivity contribution in [2.24, 2.45) is 0 Å². The fourth-order valence-corrected chi connectivity index (χ4v) is 1.90. The van der Waals surface area contributed by atoms with Crippen molar-refractivity contribution in [3.63, 3.8) is 0 Å². The molecule has 5 heteroatoms. The molecule has 0 atom stereocenters. The lowest BCUT2D eigenvalue weighted by molar-refractivity contribution is -0.132. The molecule has 0 spiro atoms. The number of thioether (sulfide) groups is 1.